The lowest BCUT2D eigenvalue weighted by Crippen LogP contribution is -2.35. The van der Waals surface area contributed by atoms with Crippen molar-refractivity contribution in [2.75, 3.05) is 11.9 Å². The lowest BCUT2D eigenvalue weighted by molar-refractivity contribution is -0.119. The number of nitrogens with zero attached hydrogens (tertiary/aromatic N) is 5. The van der Waals surface area contributed by atoms with E-state index in [4.69, 9.17) is 11.6 Å². The fourth-order valence-electron chi connectivity index (χ4n) is 2.88. The van der Waals surface area contributed by atoms with Gasteiger partial charge in [-0.15, -0.1) is 0 Å². The molecule has 0 aliphatic rings. The van der Waals surface area contributed by atoms with E-state index in [0.29, 0.717) is 21.9 Å². The van der Waals surface area contributed by atoms with E-state index >= 15 is 0 Å². The van der Waals surface area contributed by atoms with E-state index in [9.17, 15) is 9.59 Å². The molecule has 2 aromatic heterocycles. The summed E-state index contributed by atoms with van der Waals surface area (Å²) < 4.78 is 3.50. The Morgan fingerprint density at radius 2 is 1.93 bits per heavy atom. The predicted octanol–water partition coefficient (Wildman–Crippen LogP) is 3.64. The van der Waals surface area contributed by atoms with Crippen LogP contribution in [-0.2, 0) is 11.3 Å². The van der Waals surface area contributed by atoms with Crippen LogP contribution < -0.4 is 10.5 Å². The van der Waals surface area contributed by atoms with Gasteiger partial charge in [-0.05, 0) is 36.4 Å². The normalized spacial score (nSPS) is 11.0. The van der Waals surface area contributed by atoms with Crippen LogP contribution in [-0.4, -0.2) is 32.3 Å². The average Bonchev–Trinajstić information content (AvgIpc) is 3.15. The molecule has 0 N–H and O–H groups in total. The van der Waals surface area contributed by atoms with Crippen molar-refractivity contribution in [2.24, 2.45) is 0 Å². The Labute approximate surface area is 179 Å². The second-order valence-corrected chi connectivity index (χ2v) is 7.74. The number of benzene rings is 2. The average molecular weight is 473 g/mol. The topological polar surface area (TPSA) is 72.5 Å². The zero-order valence-electron chi connectivity index (χ0n) is 15.3. The minimum absolute atomic E-state index is 0.197. The number of anilines is 1. The molecule has 9 heteroatoms. The molecule has 0 unspecified atom stereocenters. The largest absolute Gasteiger partial charge is 0.314 e. The molecule has 4 rings (SSSR count). The smallest absolute Gasteiger partial charge is 0.293 e. The van der Waals surface area contributed by atoms with Gasteiger partial charge in [-0.1, -0.05) is 45.7 Å². The summed E-state index contributed by atoms with van der Waals surface area (Å²) in [5.41, 5.74) is 2.11. The van der Waals surface area contributed by atoms with Crippen LogP contribution in [0.3, 0.4) is 0 Å². The number of halogens is 2. The summed E-state index contributed by atoms with van der Waals surface area (Å²) in [6, 6.07) is 16.2. The van der Waals surface area contributed by atoms with Crippen molar-refractivity contribution >= 4 is 44.6 Å². The van der Waals surface area contributed by atoms with E-state index in [1.807, 2.05) is 24.3 Å². The molecule has 146 valence electrons. The van der Waals surface area contributed by atoms with Crippen molar-refractivity contribution in [2.45, 2.75) is 6.54 Å². The van der Waals surface area contributed by atoms with Crippen LogP contribution >= 0.6 is 27.5 Å². The van der Waals surface area contributed by atoms with E-state index in [1.165, 1.54) is 15.7 Å². The third-order valence-corrected chi connectivity index (χ3v) is 5.25. The van der Waals surface area contributed by atoms with Gasteiger partial charge in [-0.25, -0.2) is 9.20 Å². The molecule has 0 aliphatic carbocycles. The van der Waals surface area contributed by atoms with Crippen molar-refractivity contribution in [3.8, 4) is 11.3 Å². The highest BCUT2D eigenvalue weighted by molar-refractivity contribution is 9.10. The van der Waals surface area contributed by atoms with Gasteiger partial charge >= 0.3 is 0 Å². The first kappa shape index (κ1) is 19.4. The molecule has 0 saturated heterocycles. The highest BCUT2D eigenvalue weighted by Gasteiger charge is 2.16. The number of likely N-dealkylation sites (N-methyl/N-ethyl adjacent to an activating group) is 1. The van der Waals surface area contributed by atoms with Gasteiger partial charge in [0.25, 0.3) is 5.56 Å². The first-order chi connectivity index (χ1) is 13.9. The van der Waals surface area contributed by atoms with Crippen molar-refractivity contribution < 1.29 is 4.79 Å². The lowest BCUT2D eigenvalue weighted by Gasteiger charge is -2.17. The van der Waals surface area contributed by atoms with Gasteiger partial charge in [0.15, 0.2) is 0 Å². The fourth-order valence-corrected chi connectivity index (χ4v) is 3.32. The van der Waals surface area contributed by atoms with E-state index < -0.39 is 5.56 Å². The Kier molecular flexibility index (Phi) is 5.21. The highest BCUT2D eigenvalue weighted by Crippen LogP contribution is 2.21. The summed E-state index contributed by atoms with van der Waals surface area (Å²) in [7, 11) is 1.63. The van der Waals surface area contributed by atoms with Gasteiger partial charge in [-0.2, -0.15) is 10.2 Å². The number of amides is 1. The molecule has 2 aromatic carbocycles. The Morgan fingerprint density at radius 3 is 2.66 bits per heavy atom. The number of aromatic nitrogens is 4. The minimum Gasteiger partial charge on any atom is -0.314 e. The molecule has 1 amide bonds. The van der Waals surface area contributed by atoms with Crippen molar-refractivity contribution in [1.29, 1.82) is 0 Å². The van der Waals surface area contributed by atoms with Crippen LogP contribution in [0.15, 0.2) is 70.2 Å². The lowest BCUT2D eigenvalue weighted by atomic mass is 10.1. The van der Waals surface area contributed by atoms with Crippen LogP contribution in [0, 0.1) is 0 Å². The Morgan fingerprint density at radius 1 is 1.17 bits per heavy atom. The summed E-state index contributed by atoms with van der Waals surface area (Å²) in [6.07, 6.45) is 1.42. The summed E-state index contributed by atoms with van der Waals surface area (Å²) in [5, 5.41) is 9.01. The second-order valence-electron chi connectivity index (χ2n) is 6.39. The number of fused-ring (bicyclic) bond motifs is 1. The summed E-state index contributed by atoms with van der Waals surface area (Å²) in [5.74, 6) is -0.293. The molecule has 0 atom stereocenters. The molecule has 0 spiro atoms. The highest BCUT2D eigenvalue weighted by atomic mass is 79.9. The Bertz CT molecular complexity index is 1270. The zero-order chi connectivity index (χ0) is 20.5. The fraction of sp³-hybridized carbons (Fsp3) is 0.100. The van der Waals surface area contributed by atoms with Gasteiger partial charge in [0, 0.05) is 27.8 Å². The monoisotopic (exact) mass is 471 g/mol. The van der Waals surface area contributed by atoms with Gasteiger partial charge in [-0.3, -0.25) is 9.59 Å². The first-order valence-electron chi connectivity index (χ1n) is 8.66. The van der Waals surface area contributed by atoms with Crippen LogP contribution in [0.25, 0.3) is 16.8 Å². The van der Waals surface area contributed by atoms with E-state index in [1.54, 1.807) is 37.4 Å². The molecule has 4 aromatic rings. The summed E-state index contributed by atoms with van der Waals surface area (Å²) >= 11 is 9.38. The molecule has 0 radical (unpaired) electrons. The van der Waals surface area contributed by atoms with E-state index in [2.05, 4.69) is 26.1 Å². The third-order valence-electron chi connectivity index (χ3n) is 4.48. The van der Waals surface area contributed by atoms with Crippen molar-refractivity contribution in [3.63, 3.8) is 0 Å². The molecular weight excluding hydrogens is 458 g/mol. The molecule has 7 nitrogen and oxygen atoms in total. The van der Waals surface area contributed by atoms with Gasteiger partial charge in [0.05, 0.1) is 5.69 Å². The van der Waals surface area contributed by atoms with Crippen molar-refractivity contribution in [3.05, 3.63) is 80.8 Å². The minimum atomic E-state index is -0.392. The SMILES string of the molecule is CN(C(=O)Cn1ncn2nc(-c3ccc(Br)cc3)cc2c1=O)c1cccc(Cl)c1. The maximum atomic E-state index is 12.8. The number of hydrogen-bond acceptors (Lipinski definition) is 4. The number of carbonyl (C=O) groups is 1. The van der Waals surface area contributed by atoms with Crippen LogP contribution in [0.2, 0.25) is 5.02 Å². The van der Waals surface area contributed by atoms with Crippen LogP contribution in [0.4, 0.5) is 5.69 Å². The van der Waals surface area contributed by atoms with E-state index in [-0.39, 0.29) is 12.5 Å². The molecule has 29 heavy (non-hydrogen) atoms. The van der Waals surface area contributed by atoms with Gasteiger partial charge in [0.1, 0.15) is 18.4 Å². The first-order valence-corrected chi connectivity index (χ1v) is 9.83. The maximum Gasteiger partial charge on any atom is 0.293 e. The summed E-state index contributed by atoms with van der Waals surface area (Å²) in [4.78, 5) is 26.9. The Balaban J connectivity index is 1.63. The molecule has 0 aliphatic heterocycles. The summed E-state index contributed by atoms with van der Waals surface area (Å²) in [6.45, 7) is -0.197. The van der Waals surface area contributed by atoms with Crippen molar-refractivity contribution in [1.82, 2.24) is 19.4 Å². The van der Waals surface area contributed by atoms with Crippen LogP contribution in [0.5, 0.6) is 0 Å². The second kappa shape index (κ2) is 7.81. The zero-order valence-corrected chi connectivity index (χ0v) is 17.6. The number of carbonyl (C=O) groups excluding carboxylic acids is 1. The van der Waals surface area contributed by atoms with E-state index in [0.717, 1.165) is 14.7 Å². The molecular formula is C20H15BrClN5O2. The third kappa shape index (κ3) is 3.94. The predicted molar refractivity (Wildman–Crippen MR) is 115 cm³/mol. The van der Waals surface area contributed by atoms with Gasteiger partial charge in [0.2, 0.25) is 5.91 Å². The Hall–Kier alpha value is -2.97. The maximum absolute atomic E-state index is 12.8. The molecule has 0 bridgehead atoms. The van der Waals surface area contributed by atoms with Crippen LogP contribution in [0.1, 0.15) is 0 Å². The quantitative estimate of drug-likeness (QED) is 0.455. The molecule has 0 fully saturated rings. The number of hydrogen-bond donors (Lipinski definition) is 0. The molecule has 2 heterocycles. The van der Waals surface area contributed by atoms with Gasteiger partial charge < -0.3 is 4.90 Å². The molecule has 0 saturated carbocycles. The number of rotatable bonds is 4. The standard InChI is InChI=1S/C20H15BrClN5O2/c1-25(16-4-2-3-15(22)9-16)19(28)11-26-20(29)18-10-17(24-27(18)12-23-26)13-5-7-14(21)8-6-13/h2-10,12H,11H2,1H3.